The van der Waals surface area contributed by atoms with Crippen LogP contribution in [0.4, 0.5) is 5.69 Å². The molecule has 2 heteroatoms. The van der Waals surface area contributed by atoms with Crippen molar-refractivity contribution in [1.29, 1.82) is 0 Å². The van der Waals surface area contributed by atoms with Crippen LogP contribution in [0.15, 0.2) is 24.3 Å². The first-order valence-corrected chi connectivity index (χ1v) is 5.08. The van der Waals surface area contributed by atoms with Gasteiger partial charge in [0.25, 0.3) is 0 Å². The Balaban J connectivity index is 2.06. The fourth-order valence-corrected chi connectivity index (χ4v) is 1.79. The zero-order valence-electron chi connectivity index (χ0n) is 8.71. The Bertz CT molecular complexity index is 414. The first-order valence-electron chi connectivity index (χ1n) is 5.08. The maximum atomic E-state index is 11.7. The molecule has 1 atom stereocenters. The predicted octanol–water partition coefficient (Wildman–Crippen LogP) is 2.01. The number of rotatable bonds is 2. The maximum Gasteiger partial charge on any atom is 0.167 e. The normalized spacial score (nSPS) is 17.3. The lowest BCUT2D eigenvalue weighted by molar-refractivity contribution is -0.118. The third kappa shape index (κ3) is 2.02. The van der Waals surface area contributed by atoms with Crippen LogP contribution >= 0.6 is 0 Å². The van der Waals surface area contributed by atoms with Crippen molar-refractivity contribution in [1.82, 2.24) is 0 Å². The summed E-state index contributed by atoms with van der Waals surface area (Å²) in [6, 6.07) is 7.96. The zero-order valence-corrected chi connectivity index (χ0v) is 8.71. The van der Waals surface area contributed by atoms with Crippen LogP contribution in [0.25, 0.3) is 0 Å². The highest BCUT2D eigenvalue weighted by Gasteiger charge is 2.25. The van der Waals surface area contributed by atoms with Gasteiger partial charge in [0.2, 0.25) is 0 Å². The lowest BCUT2D eigenvalue weighted by Crippen LogP contribution is -2.26. The van der Waals surface area contributed by atoms with Crippen LogP contribution in [0.5, 0.6) is 0 Å². The molecule has 15 heavy (non-hydrogen) atoms. The molecule has 0 bridgehead atoms. The van der Waals surface area contributed by atoms with Gasteiger partial charge >= 0.3 is 0 Å². The number of fused-ring (bicyclic) bond motifs is 1. The van der Waals surface area contributed by atoms with Crippen molar-refractivity contribution in [2.75, 3.05) is 5.32 Å². The molecule has 0 fully saturated rings. The Morgan fingerprint density at radius 3 is 3.07 bits per heavy atom. The molecule has 1 N–H and O–H groups in total. The second kappa shape index (κ2) is 4.18. The summed E-state index contributed by atoms with van der Waals surface area (Å²) in [6.07, 6.45) is 1.14. The van der Waals surface area contributed by atoms with E-state index in [2.05, 4.69) is 23.2 Å². The third-order valence-corrected chi connectivity index (χ3v) is 2.60. The molecule has 0 radical (unpaired) electrons. The van der Waals surface area contributed by atoms with Gasteiger partial charge in [-0.25, -0.2) is 0 Å². The Morgan fingerprint density at radius 1 is 1.53 bits per heavy atom. The smallest absolute Gasteiger partial charge is 0.167 e. The topological polar surface area (TPSA) is 29.1 Å². The van der Waals surface area contributed by atoms with Gasteiger partial charge in [0, 0.05) is 12.1 Å². The minimum atomic E-state index is -0.0803. The summed E-state index contributed by atoms with van der Waals surface area (Å²) < 4.78 is 0. The molecular formula is C13H13NO. The number of Topliss-reactive ketones (excluding diaryl/α,β-unsaturated/α-hetero) is 1. The predicted molar refractivity (Wildman–Crippen MR) is 60.6 cm³/mol. The van der Waals surface area contributed by atoms with Crippen molar-refractivity contribution < 1.29 is 4.79 Å². The van der Waals surface area contributed by atoms with Crippen LogP contribution in [0.2, 0.25) is 0 Å². The van der Waals surface area contributed by atoms with Crippen molar-refractivity contribution in [2.24, 2.45) is 0 Å². The molecular weight excluding hydrogens is 186 g/mol. The molecule has 0 aliphatic carbocycles. The lowest BCUT2D eigenvalue weighted by atomic mass is 10.1. The minimum Gasteiger partial charge on any atom is -0.375 e. The molecule has 0 amide bonds. The minimum absolute atomic E-state index is 0.0803. The van der Waals surface area contributed by atoms with Crippen LogP contribution in [0, 0.1) is 11.8 Å². The second-order valence-corrected chi connectivity index (χ2v) is 3.63. The molecule has 1 aromatic carbocycles. The van der Waals surface area contributed by atoms with Crippen LogP contribution in [0.1, 0.15) is 18.9 Å². The van der Waals surface area contributed by atoms with Gasteiger partial charge in [-0.3, -0.25) is 4.79 Å². The van der Waals surface area contributed by atoms with Crippen molar-refractivity contribution in [2.45, 2.75) is 25.8 Å². The number of para-hydroxylation sites is 1. The summed E-state index contributed by atoms with van der Waals surface area (Å²) in [4.78, 5) is 11.7. The van der Waals surface area contributed by atoms with Gasteiger partial charge in [-0.1, -0.05) is 24.1 Å². The van der Waals surface area contributed by atoms with Gasteiger partial charge in [-0.15, -0.1) is 5.92 Å². The summed E-state index contributed by atoms with van der Waals surface area (Å²) in [5.41, 5.74) is 2.31. The zero-order chi connectivity index (χ0) is 10.7. The first-order chi connectivity index (χ1) is 7.31. The van der Waals surface area contributed by atoms with Crippen molar-refractivity contribution in [3.05, 3.63) is 29.8 Å². The van der Waals surface area contributed by atoms with Crippen LogP contribution in [-0.4, -0.2) is 11.8 Å². The van der Waals surface area contributed by atoms with E-state index >= 15 is 0 Å². The molecule has 2 rings (SSSR count). The van der Waals surface area contributed by atoms with E-state index in [9.17, 15) is 4.79 Å². The van der Waals surface area contributed by atoms with Gasteiger partial charge in [-0.2, -0.15) is 0 Å². The van der Waals surface area contributed by atoms with Crippen LogP contribution in [0.3, 0.4) is 0 Å². The third-order valence-electron chi connectivity index (χ3n) is 2.60. The van der Waals surface area contributed by atoms with E-state index in [0.717, 1.165) is 12.1 Å². The Hall–Kier alpha value is -1.75. The van der Waals surface area contributed by atoms with Crippen LogP contribution < -0.4 is 5.32 Å². The molecule has 0 saturated carbocycles. The molecule has 76 valence electrons. The lowest BCUT2D eigenvalue weighted by Gasteiger charge is -2.07. The quantitative estimate of drug-likeness (QED) is 0.738. The van der Waals surface area contributed by atoms with E-state index < -0.39 is 0 Å². The summed E-state index contributed by atoms with van der Waals surface area (Å²) in [5.74, 6) is 5.74. The van der Waals surface area contributed by atoms with E-state index in [-0.39, 0.29) is 11.8 Å². The van der Waals surface area contributed by atoms with E-state index in [4.69, 9.17) is 0 Å². The number of benzene rings is 1. The summed E-state index contributed by atoms with van der Waals surface area (Å²) in [6.45, 7) is 1.75. The molecule has 1 unspecified atom stereocenters. The van der Waals surface area contributed by atoms with Gasteiger partial charge in [-0.05, 0) is 18.6 Å². The van der Waals surface area contributed by atoms with Gasteiger partial charge < -0.3 is 5.32 Å². The average molecular weight is 199 g/mol. The number of nitrogens with one attached hydrogen (secondary N) is 1. The molecule has 1 aliphatic rings. The molecule has 0 aromatic heterocycles. The highest BCUT2D eigenvalue weighted by atomic mass is 16.1. The number of carbonyl (C=O) groups is 1. The molecule has 0 spiro atoms. The van der Waals surface area contributed by atoms with Crippen LogP contribution in [-0.2, 0) is 11.2 Å². The Kier molecular flexibility index (Phi) is 2.73. The fraction of sp³-hybridized carbons (Fsp3) is 0.308. The molecule has 1 aliphatic heterocycles. The van der Waals surface area contributed by atoms with Gasteiger partial charge in [0.15, 0.2) is 5.78 Å². The number of hydrogen-bond donors (Lipinski definition) is 1. The Morgan fingerprint density at radius 2 is 2.33 bits per heavy atom. The number of carbonyl (C=O) groups excluding carboxylic acids is 1. The average Bonchev–Trinajstić information content (AvgIpc) is 2.69. The van der Waals surface area contributed by atoms with E-state index in [1.165, 1.54) is 5.56 Å². The van der Waals surface area contributed by atoms with Crippen molar-refractivity contribution in [3.8, 4) is 11.8 Å². The standard InChI is InChI=1S/C13H13NO/c1-2-3-8-13(15)12-9-10-6-4-5-7-11(10)14-12/h4-7,12,14H,8-9H2,1H3. The van der Waals surface area contributed by atoms with E-state index in [1.54, 1.807) is 6.92 Å². The highest BCUT2D eigenvalue weighted by Crippen LogP contribution is 2.25. The van der Waals surface area contributed by atoms with Crippen molar-refractivity contribution in [3.63, 3.8) is 0 Å². The summed E-state index contributed by atoms with van der Waals surface area (Å²) in [5, 5.41) is 3.23. The first kappa shape index (κ1) is 9.79. The molecule has 1 aromatic rings. The Labute approximate surface area is 89.7 Å². The second-order valence-electron chi connectivity index (χ2n) is 3.63. The van der Waals surface area contributed by atoms with E-state index in [1.807, 2.05) is 18.2 Å². The largest absolute Gasteiger partial charge is 0.375 e. The number of anilines is 1. The highest BCUT2D eigenvalue weighted by molar-refractivity contribution is 5.90. The van der Waals surface area contributed by atoms with Gasteiger partial charge in [0.1, 0.15) is 0 Å². The molecule has 1 heterocycles. The SMILES string of the molecule is CC#CCC(=O)C1Cc2ccccc2N1. The monoisotopic (exact) mass is 199 g/mol. The number of ketones is 1. The molecule has 2 nitrogen and oxygen atoms in total. The number of hydrogen-bond acceptors (Lipinski definition) is 2. The summed E-state index contributed by atoms with van der Waals surface area (Å²) >= 11 is 0. The maximum absolute atomic E-state index is 11.7. The summed E-state index contributed by atoms with van der Waals surface area (Å²) in [7, 11) is 0. The van der Waals surface area contributed by atoms with Crippen molar-refractivity contribution >= 4 is 11.5 Å². The fourth-order valence-electron chi connectivity index (χ4n) is 1.79. The van der Waals surface area contributed by atoms with Gasteiger partial charge in [0.05, 0.1) is 12.5 Å². The molecule has 0 saturated heterocycles. The van der Waals surface area contributed by atoms with E-state index in [0.29, 0.717) is 6.42 Å².